The van der Waals surface area contributed by atoms with Crippen molar-refractivity contribution in [2.75, 3.05) is 19.7 Å². The molecule has 0 N–H and O–H groups in total. The third-order valence-corrected chi connectivity index (χ3v) is 9.15. The average molecular weight is 506 g/mol. The second kappa shape index (κ2) is 8.65. The van der Waals surface area contributed by atoms with Gasteiger partial charge in [0.2, 0.25) is 10.0 Å². The van der Waals surface area contributed by atoms with E-state index in [1.165, 1.54) is 21.4 Å². The molecule has 2 fully saturated rings. The predicted octanol–water partition coefficient (Wildman–Crippen LogP) is 3.11. The van der Waals surface area contributed by atoms with Crippen LogP contribution in [0.5, 0.6) is 0 Å². The van der Waals surface area contributed by atoms with Gasteiger partial charge in [-0.15, -0.1) is 0 Å². The number of nitriles is 1. The topological polar surface area (TPSA) is 119 Å². The second-order valence-electron chi connectivity index (χ2n) is 9.73. The summed E-state index contributed by atoms with van der Waals surface area (Å²) in [5.74, 6) is 0.820. The zero-order valence-electron chi connectivity index (χ0n) is 20.2. The molecule has 4 aromatic rings. The van der Waals surface area contributed by atoms with Crippen molar-refractivity contribution >= 4 is 32.0 Å². The highest BCUT2D eigenvalue weighted by Crippen LogP contribution is 2.39. The summed E-state index contributed by atoms with van der Waals surface area (Å²) in [5, 5.41) is 14.5. The molecule has 0 amide bonds. The number of sulfonamides is 1. The zero-order chi connectivity index (χ0) is 25.0. The van der Waals surface area contributed by atoms with Gasteiger partial charge in [0.05, 0.1) is 41.2 Å². The van der Waals surface area contributed by atoms with Crippen molar-refractivity contribution in [1.82, 2.24) is 28.6 Å². The number of fused-ring (bicyclic) bond motifs is 3. The maximum Gasteiger partial charge on any atom is 0.246 e. The molecule has 11 heteroatoms. The molecule has 36 heavy (non-hydrogen) atoms. The third kappa shape index (κ3) is 3.77. The normalized spacial score (nSPS) is 23.4. The Balaban J connectivity index is 1.47. The Hall–Kier alpha value is -3.33. The molecular formula is C25H27N7O3S. The molecule has 10 nitrogen and oxygen atoms in total. The number of ether oxygens (including phenoxy) is 1. The van der Waals surface area contributed by atoms with E-state index in [4.69, 9.17) is 9.72 Å². The molecule has 0 saturated carbocycles. The lowest BCUT2D eigenvalue weighted by atomic mass is 10.0. The quantitative estimate of drug-likeness (QED) is 0.418. The highest BCUT2D eigenvalue weighted by atomic mass is 32.2. The molecule has 6 rings (SSSR count). The van der Waals surface area contributed by atoms with Crippen molar-refractivity contribution in [3.8, 4) is 6.07 Å². The molecule has 186 valence electrons. The van der Waals surface area contributed by atoms with Crippen LogP contribution in [0.1, 0.15) is 49.5 Å². The zero-order valence-corrected chi connectivity index (χ0v) is 21.0. The van der Waals surface area contributed by atoms with Gasteiger partial charge in [0.15, 0.2) is 0 Å². The lowest BCUT2D eigenvalue weighted by Crippen LogP contribution is -2.30. The molecular weight excluding hydrogens is 478 g/mol. The molecule has 3 aromatic heterocycles. The van der Waals surface area contributed by atoms with Crippen molar-refractivity contribution in [2.45, 2.75) is 49.1 Å². The number of imidazole rings is 1. The van der Waals surface area contributed by atoms with Crippen molar-refractivity contribution in [3.05, 3.63) is 48.2 Å². The van der Waals surface area contributed by atoms with Crippen molar-refractivity contribution in [2.24, 2.45) is 7.05 Å². The molecule has 0 unspecified atom stereocenters. The van der Waals surface area contributed by atoms with E-state index >= 15 is 0 Å². The smallest absolute Gasteiger partial charge is 0.246 e. The van der Waals surface area contributed by atoms with E-state index < -0.39 is 10.0 Å². The molecule has 0 radical (unpaired) electrons. The van der Waals surface area contributed by atoms with Gasteiger partial charge in [-0.2, -0.15) is 14.7 Å². The summed E-state index contributed by atoms with van der Waals surface area (Å²) >= 11 is 0. The third-order valence-electron chi connectivity index (χ3n) is 7.33. The molecule has 2 aliphatic rings. The Morgan fingerprint density at radius 3 is 2.81 bits per heavy atom. The van der Waals surface area contributed by atoms with Gasteiger partial charge in [-0.1, -0.05) is 0 Å². The maximum absolute atomic E-state index is 13.3. The Morgan fingerprint density at radius 1 is 1.19 bits per heavy atom. The minimum absolute atomic E-state index is 0.0591. The van der Waals surface area contributed by atoms with Crippen LogP contribution in [0, 0.1) is 11.3 Å². The van der Waals surface area contributed by atoms with Gasteiger partial charge in [-0.05, 0) is 44.4 Å². The minimum atomic E-state index is -3.63. The maximum atomic E-state index is 13.3. The fourth-order valence-electron chi connectivity index (χ4n) is 5.57. The number of benzene rings is 1. The van der Waals surface area contributed by atoms with Gasteiger partial charge in [-0.3, -0.25) is 9.67 Å². The summed E-state index contributed by atoms with van der Waals surface area (Å²) in [4.78, 5) is 9.83. The van der Waals surface area contributed by atoms with Gasteiger partial charge in [0.1, 0.15) is 16.2 Å². The lowest BCUT2D eigenvalue weighted by molar-refractivity contribution is 0.00609. The van der Waals surface area contributed by atoms with Crippen LogP contribution < -0.4 is 0 Å². The van der Waals surface area contributed by atoms with Crippen LogP contribution in [0.3, 0.4) is 0 Å². The number of hydrogen-bond acceptors (Lipinski definition) is 7. The number of hydrogen-bond donors (Lipinski definition) is 0. The molecule has 2 saturated heterocycles. The van der Waals surface area contributed by atoms with Gasteiger partial charge in [0.25, 0.3) is 0 Å². The van der Waals surface area contributed by atoms with E-state index in [1.54, 1.807) is 19.3 Å². The number of pyridine rings is 1. The Labute approximate surface area is 209 Å². The highest BCUT2D eigenvalue weighted by molar-refractivity contribution is 7.89. The fourth-order valence-corrected chi connectivity index (χ4v) is 7.06. The Morgan fingerprint density at radius 2 is 2.06 bits per heavy atom. The highest BCUT2D eigenvalue weighted by Gasteiger charge is 2.38. The molecule has 0 bridgehead atoms. The summed E-state index contributed by atoms with van der Waals surface area (Å²) < 4.78 is 37.7. The first-order chi connectivity index (χ1) is 17.3. The summed E-state index contributed by atoms with van der Waals surface area (Å²) in [7, 11) is -1.93. The van der Waals surface area contributed by atoms with Gasteiger partial charge in [0, 0.05) is 50.3 Å². The van der Waals surface area contributed by atoms with E-state index in [1.807, 2.05) is 12.1 Å². The van der Waals surface area contributed by atoms with Crippen LogP contribution in [-0.2, 0) is 21.8 Å². The standard InChI is InChI=1S/C25H27N7O3S/c1-16-9-19(6-8-35-16)32-24-21-10-17(11-26)3-4-22(21)27-13-23(24)29-25(32)18-5-7-31(14-18)36(33,34)20-12-28-30(2)15-20/h3-4,10,12-13,15-16,18-19H,5-9,14H2,1-2H3/t16-,18-,19-/m1/s1. The van der Waals surface area contributed by atoms with E-state index in [-0.39, 0.29) is 23.0 Å². The van der Waals surface area contributed by atoms with Crippen molar-refractivity contribution < 1.29 is 13.2 Å². The van der Waals surface area contributed by atoms with E-state index in [0.29, 0.717) is 31.7 Å². The van der Waals surface area contributed by atoms with Gasteiger partial charge >= 0.3 is 0 Å². The summed E-state index contributed by atoms with van der Waals surface area (Å²) in [6, 6.07) is 7.92. The number of nitrogens with zero attached hydrogens (tertiary/aromatic N) is 7. The van der Waals surface area contributed by atoms with Crippen LogP contribution in [0.25, 0.3) is 21.9 Å². The predicted molar refractivity (Wildman–Crippen MR) is 133 cm³/mol. The first-order valence-corrected chi connectivity index (χ1v) is 13.6. The second-order valence-corrected chi connectivity index (χ2v) is 11.7. The van der Waals surface area contributed by atoms with Gasteiger partial charge in [-0.25, -0.2) is 13.4 Å². The first-order valence-electron chi connectivity index (χ1n) is 12.2. The van der Waals surface area contributed by atoms with Gasteiger partial charge < -0.3 is 9.30 Å². The monoisotopic (exact) mass is 505 g/mol. The summed E-state index contributed by atoms with van der Waals surface area (Å²) in [5.41, 5.74) is 3.10. The molecule has 0 spiro atoms. The molecule has 0 aliphatic carbocycles. The summed E-state index contributed by atoms with van der Waals surface area (Å²) in [6.07, 6.45) is 7.18. The molecule has 5 heterocycles. The summed E-state index contributed by atoms with van der Waals surface area (Å²) in [6.45, 7) is 3.51. The van der Waals surface area contributed by atoms with Crippen molar-refractivity contribution in [3.63, 3.8) is 0 Å². The van der Waals surface area contributed by atoms with Crippen molar-refractivity contribution in [1.29, 1.82) is 5.26 Å². The van der Waals surface area contributed by atoms with E-state index in [0.717, 1.165) is 40.6 Å². The average Bonchev–Trinajstić information content (AvgIpc) is 3.61. The molecule has 2 aliphatic heterocycles. The van der Waals surface area contributed by atoms with E-state index in [2.05, 4.69) is 27.6 Å². The minimum Gasteiger partial charge on any atom is -0.378 e. The molecule has 1 aromatic carbocycles. The number of aryl methyl sites for hydroxylation is 1. The SMILES string of the molecule is C[C@@H]1C[C@H](n2c([C@@H]3CCN(S(=O)(=O)c4cnn(C)c4)C3)nc3cnc4ccc(C#N)cc4c32)CCO1. The van der Waals surface area contributed by atoms with Crippen LogP contribution in [0.4, 0.5) is 0 Å². The molecule has 3 atom stereocenters. The number of rotatable bonds is 4. The Kier molecular flexibility index (Phi) is 5.55. The Bertz CT molecular complexity index is 1620. The van der Waals surface area contributed by atoms with Crippen LogP contribution >= 0.6 is 0 Å². The first kappa shape index (κ1) is 23.1. The largest absolute Gasteiger partial charge is 0.378 e. The van der Waals surface area contributed by atoms with E-state index in [9.17, 15) is 13.7 Å². The van der Waals surface area contributed by atoms with Crippen LogP contribution in [0.2, 0.25) is 0 Å². The number of aromatic nitrogens is 5. The fraction of sp³-hybridized carbons (Fsp3) is 0.440. The van der Waals surface area contributed by atoms with Crippen LogP contribution in [-0.4, -0.2) is 62.8 Å². The lowest BCUT2D eigenvalue weighted by Gasteiger charge is -2.31. The van der Waals surface area contributed by atoms with Crippen LogP contribution in [0.15, 0.2) is 41.7 Å².